The average molecular weight is 638 g/mol. The minimum Gasteiger partial charge on any atom is -0.445 e. The van der Waals surface area contributed by atoms with E-state index in [-0.39, 0.29) is 24.2 Å². The fourth-order valence-electron chi connectivity index (χ4n) is 7.88. The summed E-state index contributed by atoms with van der Waals surface area (Å²) in [5.74, 6) is -2.70. The third-order valence-corrected chi connectivity index (χ3v) is 15.0. The molecule has 2 aliphatic carbocycles. The number of hydrogen-bond acceptors (Lipinski definition) is 6. The van der Waals surface area contributed by atoms with Gasteiger partial charge in [-0.1, -0.05) is 130 Å². The van der Waals surface area contributed by atoms with Gasteiger partial charge < -0.3 is 19.2 Å². The number of hydrogen-bond donors (Lipinski definition) is 1. The van der Waals surface area contributed by atoms with E-state index in [4.69, 9.17) is 13.9 Å². The molecule has 240 valence electrons. The molecular formula is C38H43NO6Si. The van der Waals surface area contributed by atoms with Crippen LogP contribution in [0.2, 0.25) is 5.04 Å². The van der Waals surface area contributed by atoms with Gasteiger partial charge in [-0.05, 0) is 46.2 Å². The standard InChI is InChI=1S/C38H43NO6Si/c1-38(2,3)46(28-18-9-5-10-19-28,29-20-11-6-12-21-29)44-25-32(39-37(42)43-24-26-15-7-4-8-16-26)31-23-27-17-13-14-22-30(27)33-34(31)36(41)45-35(33)40/h4-12,15-16,18-21,23,30-34H,13-14,17,22,24-25H2,1-3H3,(H,39,42)/t30-,31-,32-,33-,34+/m1/s1. The molecule has 0 bridgehead atoms. The van der Waals surface area contributed by atoms with E-state index in [1.54, 1.807) is 0 Å². The summed E-state index contributed by atoms with van der Waals surface area (Å²) in [7, 11) is -2.99. The number of fused-ring (bicyclic) bond motifs is 3. The second kappa shape index (κ2) is 13.4. The number of rotatable bonds is 9. The lowest BCUT2D eigenvalue weighted by molar-refractivity contribution is -0.154. The normalized spacial score (nSPS) is 23.4. The Labute approximate surface area is 272 Å². The number of ether oxygens (including phenoxy) is 2. The molecule has 8 heteroatoms. The molecule has 1 aliphatic heterocycles. The van der Waals surface area contributed by atoms with Crippen molar-refractivity contribution in [3.63, 3.8) is 0 Å². The fourth-order valence-corrected chi connectivity index (χ4v) is 12.5. The van der Waals surface area contributed by atoms with Gasteiger partial charge in [0.1, 0.15) is 6.61 Å². The molecule has 1 heterocycles. The Bertz CT molecular complexity index is 1530. The van der Waals surface area contributed by atoms with Gasteiger partial charge in [0.25, 0.3) is 8.32 Å². The van der Waals surface area contributed by atoms with Crippen LogP contribution in [0.3, 0.4) is 0 Å². The fraction of sp³-hybridized carbons (Fsp3) is 0.395. The summed E-state index contributed by atoms with van der Waals surface area (Å²) in [6.45, 7) is 6.84. The highest BCUT2D eigenvalue weighted by atomic mass is 28.4. The van der Waals surface area contributed by atoms with Crippen LogP contribution in [-0.2, 0) is 30.1 Å². The highest BCUT2D eigenvalue weighted by Gasteiger charge is 2.57. The number of nitrogens with one attached hydrogen (secondary N) is 1. The predicted octanol–water partition coefficient (Wildman–Crippen LogP) is 5.92. The quantitative estimate of drug-likeness (QED) is 0.136. The molecule has 6 rings (SSSR count). The lowest BCUT2D eigenvalue weighted by Gasteiger charge is -2.45. The van der Waals surface area contributed by atoms with Crippen LogP contribution in [0.25, 0.3) is 0 Å². The van der Waals surface area contributed by atoms with E-state index in [2.05, 4.69) is 56.4 Å². The van der Waals surface area contributed by atoms with E-state index in [0.717, 1.165) is 41.6 Å². The van der Waals surface area contributed by atoms with E-state index in [1.165, 1.54) is 5.57 Å². The van der Waals surface area contributed by atoms with Crippen LogP contribution >= 0.6 is 0 Å². The number of benzene rings is 3. The maximum Gasteiger partial charge on any atom is 0.407 e. The predicted molar refractivity (Wildman–Crippen MR) is 179 cm³/mol. The zero-order chi connectivity index (χ0) is 32.3. The van der Waals surface area contributed by atoms with Gasteiger partial charge in [0, 0.05) is 5.92 Å². The van der Waals surface area contributed by atoms with Crippen molar-refractivity contribution in [2.75, 3.05) is 6.61 Å². The second-order valence-electron chi connectivity index (χ2n) is 13.7. The minimum absolute atomic E-state index is 0.00257. The van der Waals surface area contributed by atoms with Gasteiger partial charge in [0.2, 0.25) is 0 Å². The number of carbonyl (C=O) groups excluding carboxylic acids is 3. The lowest BCUT2D eigenvalue weighted by Crippen LogP contribution is -2.67. The molecule has 5 atom stereocenters. The van der Waals surface area contributed by atoms with Gasteiger partial charge >= 0.3 is 18.0 Å². The summed E-state index contributed by atoms with van der Waals surface area (Å²) in [5, 5.41) is 5.03. The summed E-state index contributed by atoms with van der Waals surface area (Å²) in [6.07, 6.45) is 5.32. The summed E-state index contributed by atoms with van der Waals surface area (Å²) >= 11 is 0. The van der Waals surface area contributed by atoms with E-state index in [0.29, 0.717) is 0 Å². The minimum atomic E-state index is -2.99. The van der Waals surface area contributed by atoms with Crippen LogP contribution in [0.4, 0.5) is 4.79 Å². The van der Waals surface area contributed by atoms with Crippen LogP contribution in [0, 0.1) is 23.7 Å². The molecule has 1 N–H and O–H groups in total. The molecule has 1 amide bonds. The molecule has 1 saturated heterocycles. The van der Waals surface area contributed by atoms with Crippen molar-refractivity contribution >= 4 is 36.7 Å². The van der Waals surface area contributed by atoms with Gasteiger partial charge in [-0.25, -0.2) is 4.79 Å². The van der Waals surface area contributed by atoms with Gasteiger partial charge in [0.05, 0.1) is 24.5 Å². The van der Waals surface area contributed by atoms with Crippen LogP contribution in [0.5, 0.6) is 0 Å². The molecule has 46 heavy (non-hydrogen) atoms. The molecule has 2 fully saturated rings. The molecule has 3 aromatic rings. The van der Waals surface area contributed by atoms with E-state index in [1.807, 2.05) is 66.7 Å². The number of amides is 1. The van der Waals surface area contributed by atoms with E-state index in [9.17, 15) is 14.4 Å². The monoisotopic (exact) mass is 637 g/mol. The van der Waals surface area contributed by atoms with Crippen LogP contribution < -0.4 is 15.7 Å². The first kappa shape index (κ1) is 31.9. The van der Waals surface area contributed by atoms with Crippen molar-refractivity contribution in [3.8, 4) is 0 Å². The molecule has 7 nitrogen and oxygen atoms in total. The first-order chi connectivity index (χ1) is 22.2. The molecule has 0 aromatic heterocycles. The molecule has 0 unspecified atom stereocenters. The molecular weight excluding hydrogens is 595 g/mol. The third kappa shape index (κ3) is 6.20. The Hall–Kier alpha value is -4.01. The van der Waals surface area contributed by atoms with Crippen molar-refractivity contribution in [2.24, 2.45) is 23.7 Å². The largest absolute Gasteiger partial charge is 0.445 e. The smallest absolute Gasteiger partial charge is 0.407 e. The van der Waals surface area contributed by atoms with E-state index < -0.39 is 50.1 Å². The van der Waals surface area contributed by atoms with Crippen molar-refractivity contribution < 1.29 is 28.3 Å². The van der Waals surface area contributed by atoms with Crippen LogP contribution in [0.15, 0.2) is 103 Å². The Morgan fingerprint density at radius 2 is 1.46 bits per heavy atom. The number of allylic oxidation sites excluding steroid dienone is 1. The number of esters is 2. The summed E-state index contributed by atoms with van der Waals surface area (Å²) in [6, 6.07) is 29.5. The highest BCUT2D eigenvalue weighted by molar-refractivity contribution is 6.99. The summed E-state index contributed by atoms with van der Waals surface area (Å²) < 4.78 is 18.3. The van der Waals surface area contributed by atoms with Crippen LogP contribution in [-0.4, -0.2) is 39.0 Å². The molecule has 0 radical (unpaired) electrons. The first-order valence-corrected chi connectivity index (χ1v) is 18.3. The zero-order valence-corrected chi connectivity index (χ0v) is 27.8. The van der Waals surface area contributed by atoms with Crippen LogP contribution in [0.1, 0.15) is 52.0 Å². The Morgan fingerprint density at radius 3 is 2.07 bits per heavy atom. The van der Waals surface area contributed by atoms with Gasteiger partial charge in [-0.15, -0.1) is 0 Å². The number of cyclic esters (lactones) is 2. The average Bonchev–Trinajstić information content (AvgIpc) is 3.37. The Morgan fingerprint density at radius 1 is 0.870 bits per heavy atom. The number of alkyl carbamates (subject to hydrolysis) is 1. The molecule has 3 aromatic carbocycles. The summed E-state index contributed by atoms with van der Waals surface area (Å²) in [5.41, 5.74) is 2.05. The Kier molecular flexibility index (Phi) is 9.29. The topological polar surface area (TPSA) is 90.9 Å². The SMILES string of the molecule is CC(C)(C)[Si](OC[C@@H](NC(=O)OCc1ccccc1)[C@H]1C=C2CCCC[C@H]2[C@H]2C(=O)OC(=O)[C@@H]12)(c1ccccc1)c1ccccc1. The molecule has 0 spiro atoms. The third-order valence-electron chi connectivity index (χ3n) is 9.97. The molecule has 3 aliphatic rings. The van der Waals surface area contributed by atoms with Crippen molar-refractivity contribution in [2.45, 2.75) is 64.1 Å². The highest BCUT2D eigenvalue weighted by Crippen LogP contribution is 2.50. The number of carbonyl (C=O) groups is 3. The van der Waals surface area contributed by atoms with Gasteiger partial charge in [0.15, 0.2) is 0 Å². The van der Waals surface area contributed by atoms with Gasteiger partial charge in [-0.2, -0.15) is 0 Å². The van der Waals surface area contributed by atoms with Crippen molar-refractivity contribution in [1.82, 2.24) is 5.32 Å². The van der Waals surface area contributed by atoms with Crippen molar-refractivity contribution in [3.05, 3.63) is 108 Å². The zero-order valence-electron chi connectivity index (χ0n) is 26.8. The van der Waals surface area contributed by atoms with Crippen molar-refractivity contribution in [1.29, 1.82) is 0 Å². The van der Waals surface area contributed by atoms with E-state index >= 15 is 0 Å². The maximum atomic E-state index is 13.5. The summed E-state index contributed by atoms with van der Waals surface area (Å²) in [4.78, 5) is 40.0. The Balaban J connectivity index is 1.39. The molecule has 1 saturated carbocycles. The lowest BCUT2D eigenvalue weighted by atomic mass is 9.62. The maximum absolute atomic E-state index is 13.5. The first-order valence-electron chi connectivity index (χ1n) is 16.4. The van der Waals surface area contributed by atoms with Gasteiger partial charge in [-0.3, -0.25) is 9.59 Å². The second-order valence-corrected chi connectivity index (χ2v) is 18.1.